The van der Waals surface area contributed by atoms with E-state index in [1.807, 2.05) is 0 Å². The molecule has 66 valence electrons. The average molecular weight is 296 g/mol. The molecule has 0 aliphatic carbocycles. The van der Waals surface area contributed by atoms with E-state index in [1.165, 1.54) is 11.3 Å². The van der Waals surface area contributed by atoms with Gasteiger partial charge in [-0.1, -0.05) is 0 Å². The van der Waals surface area contributed by atoms with Crippen molar-refractivity contribution in [3.05, 3.63) is 26.9 Å². The number of carbonyl (C=O) groups is 1. The first-order chi connectivity index (χ1) is 6.13. The fourth-order valence-corrected chi connectivity index (χ4v) is 2.13. The van der Waals surface area contributed by atoms with Gasteiger partial charge in [0.25, 0.3) is 0 Å². The Morgan fingerprint density at radius 3 is 2.71 bits per heavy atom. The summed E-state index contributed by atoms with van der Waals surface area (Å²) in [6.45, 7) is 0. The number of aliphatic carboxylic acids is 1. The molecule has 1 aromatic heterocycles. The van der Waals surface area contributed by atoms with Crippen LogP contribution in [0.15, 0.2) is 22.0 Å². The quantitative estimate of drug-likeness (QED) is 0.366. The minimum absolute atomic E-state index is 0. The molecule has 0 N–H and O–H groups in total. The van der Waals surface area contributed by atoms with Crippen molar-refractivity contribution in [2.24, 2.45) is 0 Å². The summed E-state index contributed by atoms with van der Waals surface area (Å²) in [5.74, 6) is -1.36. The van der Waals surface area contributed by atoms with Crippen molar-refractivity contribution in [3.8, 4) is 6.07 Å². The van der Waals surface area contributed by atoms with Gasteiger partial charge < -0.3 is 9.90 Å². The molecule has 0 aliphatic rings. The molecular formula is C8H3BrKNO2S. The van der Waals surface area contributed by atoms with Crippen LogP contribution in [0.2, 0.25) is 0 Å². The van der Waals surface area contributed by atoms with Gasteiger partial charge >= 0.3 is 51.4 Å². The zero-order valence-electron chi connectivity index (χ0n) is 7.28. The monoisotopic (exact) mass is 295 g/mol. The summed E-state index contributed by atoms with van der Waals surface area (Å²) >= 11 is 4.50. The Labute approximate surface area is 136 Å². The van der Waals surface area contributed by atoms with Crippen molar-refractivity contribution in [2.75, 3.05) is 0 Å². The first-order valence-electron chi connectivity index (χ1n) is 3.20. The Kier molecular flexibility index (Phi) is 7.16. The average Bonchev–Trinajstić information content (AvgIpc) is 2.47. The number of carboxylic acids is 1. The molecule has 3 nitrogen and oxygen atoms in total. The third-order valence-electron chi connectivity index (χ3n) is 1.22. The summed E-state index contributed by atoms with van der Waals surface area (Å²) < 4.78 is 0.826. The molecule has 6 heteroatoms. The van der Waals surface area contributed by atoms with Gasteiger partial charge in [-0.3, -0.25) is 0 Å². The second kappa shape index (κ2) is 6.90. The van der Waals surface area contributed by atoms with Crippen LogP contribution in [0.25, 0.3) is 5.57 Å². The standard InChI is InChI=1S/C8H4BrNO2S.K/c9-6-2-7(13-4-6)5(3-10)1-8(11)12;/h1-2,4H,(H,11,12);/q;+1/p-1/b5-1+;. The van der Waals surface area contributed by atoms with Gasteiger partial charge in [0, 0.05) is 14.7 Å². The van der Waals surface area contributed by atoms with E-state index in [0.29, 0.717) is 4.88 Å². The predicted molar refractivity (Wildman–Crippen MR) is 50.6 cm³/mol. The summed E-state index contributed by atoms with van der Waals surface area (Å²) in [7, 11) is 0. The number of allylic oxidation sites excluding steroid dienone is 1. The zero-order chi connectivity index (χ0) is 9.84. The molecule has 0 unspecified atom stereocenters. The third-order valence-corrected chi connectivity index (χ3v) is 2.94. The van der Waals surface area contributed by atoms with E-state index in [4.69, 9.17) is 5.26 Å². The second-order valence-electron chi connectivity index (χ2n) is 2.12. The number of nitriles is 1. The molecule has 0 radical (unpaired) electrons. The maximum atomic E-state index is 10.2. The first kappa shape index (κ1) is 14.5. The molecule has 0 saturated carbocycles. The van der Waals surface area contributed by atoms with Gasteiger partial charge in [0.15, 0.2) is 0 Å². The van der Waals surface area contributed by atoms with E-state index >= 15 is 0 Å². The number of hydrogen-bond acceptors (Lipinski definition) is 4. The summed E-state index contributed by atoms with van der Waals surface area (Å²) in [6, 6.07) is 3.48. The fourth-order valence-electron chi connectivity index (χ4n) is 0.731. The van der Waals surface area contributed by atoms with Crippen molar-refractivity contribution >= 4 is 38.8 Å². The Morgan fingerprint density at radius 2 is 2.36 bits per heavy atom. The summed E-state index contributed by atoms with van der Waals surface area (Å²) in [6.07, 6.45) is 0.790. The van der Waals surface area contributed by atoms with Crippen LogP contribution < -0.4 is 56.5 Å². The van der Waals surface area contributed by atoms with Crippen molar-refractivity contribution in [1.82, 2.24) is 0 Å². The van der Waals surface area contributed by atoms with E-state index < -0.39 is 5.97 Å². The zero-order valence-corrected chi connectivity index (χ0v) is 12.8. The summed E-state index contributed by atoms with van der Waals surface area (Å²) in [5.41, 5.74) is 0.107. The number of nitrogens with zero attached hydrogens (tertiary/aromatic N) is 1. The molecule has 0 saturated heterocycles. The normalized spacial score (nSPS) is 10.1. The van der Waals surface area contributed by atoms with Gasteiger partial charge in [-0.15, -0.1) is 11.3 Å². The fraction of sp³-hybridized carbons (Fsp3) is 0. The molecule has 1 heterocycles. The third kappa shape index (κ3) is 4.36. The van der Waals surface area contributed by atoms with Crippen LogP contribution in [-0.4, -0.2) is 5.97 Å². The molecule has 14 heavy (non-hydrogen) atoms. The van der Waals surface area contributed by atoms with Crippen LogP contribution in [0.1, 0.15) is 4.88 Å². The Morgan fingerprint density at radius 1 is 1.71 bits per heavy atom. The molecule has 0 spiro atoms. The van der Waals surface area contributed by atoms with Gasteiger partial charge in [0.1, 0.15) is 6.07 Å². The molecule has 0 fully saturated rings. The summed E-state index contributed by atoms with van der Waals surface area (Å²) in [4.78, 5) is 10.8. The number of carbonyl (C=O) groups excluding carboxylic acids is 1. The SMILES string of the molecule is N#C/C(=C\C(=O)[O-])c1cc(Br)cs1.[K+]. The van der Waals surface area contributed by atoms with Gasteiger partial charge in [0.05, 0.1) is 11.5 Å². The van der Waals surface area contributed by atoms with Crippen LogP contribution in [0, 0.1) is 11.3 Å². The molecule has 0 aromatic carbocycles. The maximum absolute atomic E-state index is 10.2. The number of halogens is 1. The van der Waals surface area contributed by atoms with E-state index in [-0.39, 0.29) is 57.0 Å². The van der Waals surface area contributed by atoms with Gasteiger partial charge in [-0.2, -0.15) is 5.26 Å². The van der Waals surface area contributed by atoms with Crippen molar-refractivity contribution in [3.63, 3.8) is 0 Å². The van der Waals surface area contributed by atoms with Crippen molar-refractivity contribution in [2.45, 2.75) is 0 Å². The predicted octanol–water partition coefficient (Wildman–Crippen LogP) is -1.83. The maximum Gasteiger partial charge on any atom is 1.00 e. The number of rotatable bonds is 2. The van der Waals surface area contributed by atoms with Crippen molar-refractivity contribution in [1.29, 1.82) is 5.26 Å². The molecule has 0 atom stereocenters. The Hall–Kier alpha value is 0.516. The Bertz CT molecular complexity index is 408. The van der Waals surface area contributed by atoms with Crippen LogP contribution >= 0.6 is 27.3 Å². The van der Waals surface area contributed by atoms with Crippen LogP contribution in [0.4, 0.5) is 0 Å². The first-order valence-corrected chi connectivity index (χ1v) is 4.88. The van der Waals surface area contributed by atoms with Crippen LogP contribution in [0.3, 0.4) is 0 Å². The van der Waals surface area contributed by atoms with Gasteiger partial charge in [0.2, 0.25) is 0 Å². The summed E-state index contributed by atoms with van der Waals surface area (Å²) in [5, 5.41) is 20.6. The van der Waals surface area contributed by atoms with E-state index in [2.05, 4.69) is 15.9 Å². The molecule has 1 aromatic rings. The Balaban J connectivity index is 0.00000169. The minimum atomic E-state index is -1.36. The molecular weight excluding hydrogens is 293 g/mol. The molecule has 0 aliphatic heterocycles. The number of hydrogen-bond donors (Lipinski definition) is 0. The van der Waals surface area contributed by atoms with E-state index in [0.717, 1.165) is 10.5 Å². The molecule has 1 rings (SSSR count). The number of thiophene rings is 1. The number of carboxylic acid groups (broad SMARTS) is 1. The molecule has 0 bridgehead atoms. The second-order valence-corrected chi connectivity index (χ2v) is 3.94. The molecule has 0 amide bonds. The van der Waals surface area contributed by atoms with Crippen molar-refractivity contribution < 1.29 is 61.3 Å². The topological polar surface area (TPSA) is 63.9 Å². The van der Waals surface area contributed by atoms with Gasteiger partial charge in [-0.05, 0) is 28.1 Å². The smallest absolute Gasteiger partial charge is 0.545 e. The largest absolute Gasteiger partial charge is 1.00 e. The van der Waals surface area contributed by atoms with E-state index in [1.54, 1.807) is 17.5 Å². The van der Waals surface area contributed by atoms with Crippen LogP contribution in [-0.2, 0) is 4.79 Å². The van der Waals surface area contributed by atoms with Crippen LogP contribution in [0.5, 0.6) is 0 Å². The minimum Gasteiger partial charge on any atom is -0.545 e. The van der Waals surface area contributed by atoms with Gasteiger partial charge in [-0.25, -0.2) is 0 Å². The van der Waals surface area contributed by atoms with E-state index in [9.17, 15) is 9.90 Å².